The van der Waals surface area contributed by atoms with Crippen molar-refractivity contribution in [3.63, 3.8) is 0 Å². The van der Waals surface area contributed by atoms with Gasteiger partial charge in [-0.1, -0.05) is 17.7 Å². The fraction of sp³-hybridized carbons (Fsp3) is 0.385. The molecular formula is C13H16ClNO4. The predicted octanol–water partition coefficient (Wildman–Crippen LogP) is 2.81. The summed E-state index contributed by atoms with van der Waals surface area (Å²) in [6, 6.07) is 3.38. The Bertz CT molecular complexity index is 482. The van der Waals surface area contributed by atoms with Gasteiger partial charge in [-0.2, -0.15) is 0 Å². The Balaban J connectivity index is 2.81. The van der Waals surface area contributed by atoms with Crippen molar-refractivity contribution < 1.29 is 19.4 Å². The minimum atomic E-state index is -0.882. The molecule has 0 heterocycles. The zero-order valence-corrected chi connectivity index (χ0v) is 11.7. The van der Waals surface area contributed by atoms with E-state index in [4.69, 9.17) is 16.3 Å². The SMILES string of the molecule is CC(C)(C)OC(=O)NC(C=O)c1ccc(O)c(Cl)c1. The van der Waals surface area contributed by atoms with Crippen molar-refractivity contribution in [2.24, 2.45) is 0 Å². The third-order valence-electron chi connectivity index (χ3n) is 2.14. The van der Waals surface area contributed by atoms with E-state index in [-0.39, 0.29) is 10.8 Å². The van der Waals surface area contributed by atoms with Gasteiger partial charge in [-0.05, 0) is 38.5 Å². The van der Waals surface area contributed by atoms with Crippen LogP contribution in [-0.2, 0) is 9.53 Å². The van der Waals surface area contributed by atoms with Crippen molar-refractivity contribution >= 4 is 24.0 Å². The molecule has 0 aliphatic carbocycles. The predicted molar refractivity (Wildman–Crippen MR) is 71.3 cm³/mol. The molecule has 1 unspecified atom stereocenters. The minimum Gasteiger partial charge on any atom is -0.506 e. The van der Waals surface area contributed by atoms with Gasteiger partial charge in [-0.3, -0.25) is 0 Å². The van der Waals surface area contributed by atoms with Crippen LogP contribution in [0.15, 0.2) is 18.2 Å². The van der Waals surface area contributed by atoms with Gasteiger partial charge in [0.1, 0.15) is 23.7 Å². The molecular weight excluding hydrogens is 270 g/mol. The van der Waals surface area contributed by atoms with Gasteiger partial charge in [-0.15, -0.1) is 0 Å². The van der Waals surface area contributed by atoms with Crippen LogP contribution in [0, 0.1) is 0 Å². The zero-order chi connectivity index (χ0) is 14.6. The van der Waals surface area contributed by atoms with Gasteiger partial charge in [-0.25, -0.2) is 4.79 Å². The molecule has 0 bridgehead atoms. The maximum atomic E-state index is 11.6. The Morgan fingerprint density at radius 2 is 2.11 bits per heavy atom. The van der Waals surface area contributed by atoms with E-state index in [9.17, 15) is 14.7 Å². The highest BCUT2D eigenvalue weighted by Gasteiger charge is 2.20. The molecule has 0 aliphatic rings. The van der Waals surface area contributed by atoms with E-state index in [0.717, 1.165) is 0 Å². The lowest BCUT2D eigenvalue weighted by Crippen LogP contribution is -2.35. The Morgan fingerprint density at radius 1 is 1.47 bits per heavy atom. The van der Waals surface area contributed by atoms with Crippen LogP contribution in [0.5, 0.6) is 5.75 Å². The van der Waals surface area contributed by atoms with Crippen molar-refractivity contribution in [1.82, 2.24) is 5.32 Å². The summed E-state index contributed by atoms with van der Waals surface area (Å²) in [6.07, 6.45) is -0.138. The summed E-state index contributed by atoms with van der Waals surface area (Å²) in [5.41, 5.74) is -0.187. The zero-order valence-electron chi connectivity index (χ0n) is 10.9. The number of carbonyl (C=O) groups is 2. The lowest BCUT2D eigenvalue weighted by atomic mass is 10.1. The van der Waals surface area contributed by atoms with Crippen LogP contribution in [0.4, 0.5) is 4.79 Å². The quantitative estimate of drug-likeness (QED) is 0.837. The van der Waals surface area contributed by atoms with Crippen molar-refractivity contribution in [3.8, 4) is 5.75 Å². The Labute approximate surface area is 116 Å². The second kappa shape index (κ2) is 5.93. The minimum absolute atomic E-state index is 0.0904. The first-order valence-electron chi connectivity index (χ1n) is 5.66. The number of halogens is 1. The molecule has 104 valence electrons. The van der Waals surface area contributed by atoms with Crippen LogP contribution in [0.1, 0.15) is 32.4 Å². The number of aldehydes is 1. The molecule has 0 aliphatic heterocycles. The van der Waals surface area contributed by atoms with E-state index >= 15 is 0 Å². The molecule has 0 spiro atoms. The Hall–Kier alpha value is -1.75. The van der Waals surface area contributed by atoms with E-state index in [1.807, 2.05) is 0 Å². The van der Waals surface area contributed by atoms with Gasteiger partial charge in [0, 0.05) is 0 Å². The standard InChI is InChI=1S/C13H16ClNO4/c1-13(2,3)19-12(18)15-10(7-16)8-4-5-11(17)9(14)6-8/h4-7,10,17H,1-3H3,(H,15,18). The van der Waals surface area contributed by atoms with Crippen molar-refractivity contribution in [3.05, 3.63) is 28.8 Å². The van der Waals surface area contributed by atoms with Crippen LogP contribution in [-0.4, -0.2) is 23.1 Å². The van der Waals surface area contributed by atoms with Gasteiger partial charge in [0.2, 0.25) is 0 Å². The van der Waals surface area contributed by atoms with E-state index < -0.39 is 17.7 Å². The van der Waals surface area contributed by atoms with Crippen LogP contribution in [0.25, 0.3) is 0 Å². The molecule has 1 rings (SSSR count). The summed E-state index contributed by atoms with van der Waals surface area (Å²) in [7, 11) is 0. The first-order chi connectivity index (χ1) is 8.73. The molecule has 6 heteroatoms. The summed E-state index contributed by atoms with van der Waals surface area (Å²) < 4.78 is 5.05. The number of carbonyl (C=O) groups excluding carboxylic acids is 2. The molecule has 0 saturated carbocycles. The Morgan fingerprint density at radius 3 is 2.58 bits per heavy atom. The first-order valence-corrected chi connectivity index (χ1v) is 6.04. The molecule has 1 atom stereocenters. The van der Waals surface area contributed by atoms with Crippen LogP contribution in [0.3, 0.4) is 0 Å². The second-order valence-corrected chi connectivity index (χ2v) is 5.38. The average Bonchev–Trinajstić information content (AvgIpc) is 2.27. The number of amides is 1. The second-order valence-electron chi connectivity index (χ2n) is 4.97. The fourth-order valence-corrected chi connectivity index (χ4v) is 1.54. The summed E-state index contributed by atoms with van der Waals surface area (Å²) in [5, 5.41) is 11.8. The number of phenols is 1. The number of aromatic hydroxyl groups is 1. The largest absolute Gasteiger partial charge is 0.506 e. The van der Waals surface area contributed by atoms with Crippen LogP contribution >= 0.6 is 11.6 Å². The molecule has 0 radical (unpaired) electrons. The van der Waals surface area contributed by atoms with Crippen LogP contribution in [0.2, 0.25) is 5.02 Å². The molecule has 0 aromatic heterocycles. The summed E-state index contributed by atoms with van der Waals surface area (Å²) in [5.74, 6) is -0.0904. The van der Waals surface area contributed by atoms with E-state index in [0.29, 0.717) is 11.8 Å². The highest BCUT2D eigenvalue weighted by molar-refractivity contribution is 6.32. The number of hydrogen-bond acceptors (Lipinski definition) is 4. The molecule has 0 saturated heterocycles. The smallest absolute Gasteiger partial charge is 0.408 e. The van der Waals surface area contributed by atoms with E-state index in [1.165, 1.54) is 18.2 Å². The van der Waals surface area contributed by atoms with Crippen molar-refractivity contribution in [2.45, 2.75) is 32.4 Å². The number of ether oxygens (including phenoxy) is 1. The van der Waals surface area contributed by atoms with E-state index in [1.54, 1.807) is 20.8 Å². The topological polar surface area (TPSA) is 75.6 Å². The van der Waals surface area contributed by atoms with Gasteiger partial charge < -0.3 is 20.0 Å². The molecule has 5 nitrogen and oxygen atoms in total. The summed E-state index contributed by atoms with van der Waals surface area (Å²) in [4.78, 5) is 22.6. The summed E-state index contributed by atoms with van der Waals surface area (Å²) >= 11 is 5.75. The number of hydrogen-bond donors (Lipinski definition) is 2. The lowest BCUT2D eigenvalue weighted by molar-refractivity contribution is -0.109. The molecule has 0 fully saturated rings. The highest BCUT2D eigenvalue weighted by Crippen LogP contribution is 2.26. The third-order valence-corrected chi connectivity index (χ3v) is 2.44. The first kappa shape index (κ1) is 15.3. The molecule has 2 N–H and O–H groups in total. The van der Waals surface area contributed by atoms with Gasteiger partial charge in [0.05, 0.1) is 5.02 Å². The maximum Gasteiger partial charge on any atom is 0.408 e. The molecule has 1 aromatic carbocycles. The average molecular weight is 286 g/mol. The summed E-state index contributed by atoms with van der Waals surface area (Å²) in [6.45, 7) is 5.17. The number of phenolic OH excluding ortho intramolecular Hbond substituents is 1. The van der Waals surface area contributed by atoms with Gasteiger partial charge in [0.15, 0.2) is 0 Å². The van der Waals surface area contributed by atoms with Gasteiger partial charge in [0.25, 0.3) is 0 Å². The van der Waals surface area contributed by atoms with E-state index in [2.05, 4.69) is 5.32 Å². The number of rotatable bonds is 3. The fourth-order valence-electron chi connectivity index (χ4n) is 1.35. The maximum absolute atomic E-state index is 11.6. The van der Waals surface area contributed by atoms with Crippen LogP contribution < -0.4 is 5.32 Å². The lowest BCUT2D eigenvalue weighted by Gasteiger charge is -2.21. The molecule has 19 heavy (non-hydrogen) atoms. The number of benzene rings is 1. The third kappa shape index (κ3) is 4.79. The van der Waals surface area contributed by atoms with Gasteiger partial charge >= 0.3 is 6.09 Å². The Kier molecular flexibility index (Phi) is 4.78. The normalized spacial score (nSPS) is 12.6. The highest BCUT2D eigenvalue weighted by atomic mass is 35.5. The number of alkyl carbamates (subject to hydrolysis) is 1. The van der Waals surface area contributed by atoms with Crippen molar-refractivity contribution in [2.75, 3.05) is 0 Å². The molecule has 1 amide bonds. The number of nitrogens with one attached hydrogen (secondary N) is 1. The van der Waals surface area contributed by atoms with Crippen molar-refractivity contribution in [1.29, 1.82) is 0 Å². The molecule has 1 aromatic rings. The monoisotopic (exact) mass is 285 g/mol.